The number of carbonyl (C=O) groups is 1. The minimum absolute atomic E-state index is 0.123. The molecule has 210 valence electrons. The predicted octanol–water partition coefficient (Wildman–Crippen LogP) is 2.44. The minimum Gasteiger partial charge on any atom is -0.387 e. The number of piperidine rings is 1. The van der Waals surface area contributed by atoms with Crippen molar-refractivity contribution in [1.29, 1.82) is 0 Å². The van der Waals surface area contributed by atoms with Gasteiger partial charge in [-0.15, -0.1) is 10.2 Å². The molecule has 1 aliphatic rings. The SMILES string of the molecule is CC(C)Nc1nc(N)nn2ccc(-c3ccc4nnn(CC(F)F)c4n3)c12.O=C(CO)N1CCCC(F)(F)C1. The van der Waals surface area contributed by atoms with E-state index in [4.69, 9.17) is 10.8 Å². The summed E-state index contributed by atoms with van der Waals surface area (Å²) in [6, 6.07) is 5.40. The number of rotatable bonds is 6. The van der Waals surface area contributed by atoms with Gasteiger partial charge in [0.15, 0.2) is 11.5 Å². The van der Waals surface area contributed by atoms with Gasteiger partial charge in [-0.05, 0) is 38.5 Å². The normalized spacial score (nSPS) is 15.2. The summed E-state index contributed by atoms with van der Waals surface area (Å²) in [6.07, 6.45) is -0.663. The molecule has 4 aromatic rings. The smallest absolute Gasteiger partial charge is 0.265 e. The van der Waals surface area contributed by atoms with Gasteiger partial charge in [-0.25, -0.2) is 31.7 Å². The van der Waals surface area contributed by atoms with Crippen molar-refractivity contribution in [1.82, 2.24) is 39.5 Å². The first-order valence-corrected chi connectivity index (χ1v) is 12.1. The molecule has 0 atom stereocenters. The van der Waals surface area contributed by atoms with Crippen LogP contribution in [-0.4, -0.2) is 88.6 Å². The van der Waals surface area contributed by atoms with Crippen LogP contribution in [0.5, 0.6) is 0 Å². The molecule has 1 fully saturated rings. The van der Waals surface area contributed by atoms with E-state index in [1.54, 1.807) is 22.8 Å². The average Bonchev–Trinajstić information content (AvgIpc) is 3.46. The van der Waals surface area contributed by atoms with Crippen LogP contribution in [0.25, 0.3) is 27.9 Å². The van der Waals surface area contributed by atoms with E-state index >= 15 is 0 Å². The van der Waals surface area contributed by atoms with E-state index in [2.05, 4.69) is 30.7 Å². The molecule has 1 amide bonds. The van der Waals surface area contributed by atoms with E-state index in [9.17, 15) is 22.4 Å². The topological polar surface area (TPSA) is 152 Å². The number of hydrogen-bond donors (Lipinski definition) is 3. The fourth-order valence-corrected chi connectivity index (χ4v) is 4.16. The first-order chi connectivity index (χ1) is 18.5. The van der Waals surface area contributed by atoms with Crippen LogP contribution in [0.1, 0.15) is 26.7 Å². The van der Waals surface area contributed by atoms with Crippen LogP contribution in [0, 0.1) is 0 Å². The first kappa shape index (κ1) is 27.9. The quantitative estimate of drug-likeness (QED) is 0.306. The molecule has 5 rings (SSSR count). The third-order valence-electron chi connectivity index (χ3n) is 5.78. The molecular weight excluding hydrogens is 524 g/mol. The van der Waals surface area contributed by atoms with Gasteiger partial charge in [0.2, 0.25) is 11.9 Å². The number of aromatic nitrogens is 7. The summed E-state index contributed by atoms with van der Waals surface area (Å²) in [4.78, 5) is 20.6. The van der Waals surface area contributed by atoms with Gasteiger partial charge in [-0.2, -0.15) is 4.98 Å². The van der Waals surface area contributed by atoms with Crippen molar-refractivity contribution in [3.63, 3.8) is 0 Å². The Bertz CT molecular complexity index is 1460. The van der Waals surface area contributed by atoms with Gasteiger partial charge in [0.1, 0.15) is 24.2 Å². The maximum absolute atomic E-state index is 12.8. The lowest BCUT2D eigenvalue weighted by atomic mass is 10.1. The Morgan fingerprint density at radius 2 is 2.00 bits per heavy atom. The summed E-state index contributed by atoms with van der Waals surface area (Å²) in [6.45, 7) is 2.49. The Balaban J connectivity index is 0.000000247. The van der Waals surface area contributed by atoms with Crippen LogP contribution in [-0.2, 0) is 11.3 Å². The van der Waals surface area contributed by atoms with Crippen LogP contribution in [0.2, 0.25) is 0 Å². The first-order valence-electron chi connectivity index (χ1n) is 12.1. The molecule has 16 heteroatoms. The molecule has 4 aromatic heterocycles. The standard InChI is InChI=1S/C16H17F2N9.C7H11F2NO2/c1-8(2)20-14-13-9(5-6-26(13)24-16(19)22-14)10-3-4-11-15(21-10)27(25-23-11)7-12(17)18;8-7(9)2-1-3-10(5-7)6(12)4-11/h3-6,8,12H,7H2,1-2H3,(H3,19,20,22,24);11H,1-5H2. The van der Waals surface area contributed by atoms with Gasteiger partial charge in [0.25, 0.3) is 12.3 Å². The van der Waals surface area contributed by atoms with Crippen LogP contribution in [0.4, 0.5) is 29.3 Å². The van der Waals surface area contributed by atoms with Gasteiger partial charge in [0, 0.05) is 30.8 Å². The molecule has 0 aliphatic carbocycles. The Hall–Kier alpha value is -4.08. The maximum atomic E-state index is 12.8. The molecule has 5 heterocycles. The van der Waals surface area contributed by atoms with Crippen LogP contribution in [0.15, 0.2) is 24.4 Å². The number of anilines is 2. The van der Waals surface area contributed by atoms with E-state index in [1.165, 1.54) is 0 Å². The molecule has 0 saturated carbocycles. The number of nitrogens with one attached hydrogen (secondary N) is 1. The molecule has 12 nitrogen and oxygen atoms in total. The summed E-state index contributed by atoms with van der Waals surface area (Å²) in [7, 11) is 0. The zero-order valence-electron chi connectivity index (χ0n) is 21.2. The summed E-state index contributed by atoms with van der Waals surface area (Å²) < 4.78 is 53.6. The molecule has 1 aliphatic heterocycles. The maximum Gasteiger partial charge on any atom is 0.265 e. The third-order valence-corrected chi connectivity index (χ3v) is 5.78. The van der Waals surface area contributed by atoms with Crippen molar-refractivity contribution in [2.75, 3.05) is 30.7 Å². The summed E-state index contributed by atoms with van der Waals surface area (Å²) >= 11 is 0. The molecule has 0 spiro atoms. The second kappa shape index (κ2) is 11.3. The number of carbonyl (C=O) groups excluding carboxylic acids is 1. The fourth-order valence-electron chi connectivity index (χ4n) is 4.16. The number of halogens is 4. The molecule has 0 radical (unpaired) electrons. The number of aliphatic hydroxyl groups excluding tert-OH is 1. The van der Waals surface area contributed by atoms with Gasteiger partial charge >= 0.3 is 0 Å². The van der Waals surface area contributed by atoms with Gasteiger partial charge in [0.05, 0.1) is 12.2 Å². The van der Waals surface area contributed by atoms with Gasteiger partial charge in [-0.3, -0.25) is 4.79 Å². The summed E-state index contributed by atoms with van der Waals surface area (Å²) in [5.74, 6) is -2.69. The van der Waals surface area contributed by atoms with E-state index < -0.39 is 38.0 Å². The lowest BCUT2D eigenvalue weighted by molar-refractivity contribution is -0.144. The van der Waals surface area contributed by atoms with Crippen molar-refractivity contribution in [3.05, 3.63) is 24.4 Å². The summed E-state index contributed by atoms with van der Waals surface area (Å²) in [5, 5.41) is 23.5. The second-order valence-electron chi connectivity index (χ2n) is 9.28. The highest BCUT2D eigenvalue weighted by Gasteiger charge is 2.36. The molecular formula is C23H28F4N10O2. The molecule has 0 unspecified atom stereocenters. The Kier molecular flexibility index (Phi) is 8.13. The lowest BCUT2D eigenvalue weighted by Gasteiger charge is -2.31. The highest BCUT2D eigenvalue weighted by molar-refractivity contribution is 5.89. The number of aliphatic hydroxyl groups is 1. The zero-order valence-corrected chi connectivity index (χ0v) is 21.2. The van der Waals surface area contributed by atoms with E-state index in [0.29, 0.717) is 41.2 Å². The lowest BCUT2D eigenvalue weighted by Crippen LogP contribution is -2.46. The van der Waals surface area contributed by atoms with Crippen molar-refractivity contribution >= 4 is 34.4 Å². The number of nitrogens with two attached hydrogens (primary N) is 1. The highest BCUT2D eigenvalue weighted by atomic mass is 19.3. The van der Waals surface area contributed by atoms with Crippen LogP contribution < -0.4 is 11.1 Å². The molecule has 0 aromatic carbocycles. The molecule has 4 N–H and O–H groups in total. The van der Waals surface area contributed by atoms with Crippen molar-refractivity contribution < 1.29 is 27.5 Å². The number of likely N-dealkylation sites (tertiary alicyclic amines) is 1. The second-order valence-corrected chi connectivity index (χ2v) is 9.28. The zero-order chi connectivity index (χ0) is 28.3. The van der Waals surface area contributed by atoms with Gasteiger partial charge < -0.3 is 21.1 Å². The highest BCUT2D eigenvalue weighted by Crippen LogP contribution is 2.30. The number of fused-ring (bicyclic) bond motifs is 2. The van der Waals surface area contributed by atoms with E-state index in [-0.39, 0.29) is 18.4 Å². The Morgan fingerprint density at radius 1 is 1.23 bits per heavy atom. The minimum atomic E-state index is -2.77. The molecule has 39 heavy (non-hydrogen) atoms. The predicted molar refractivity (Wildman–Crippen MR) is 134 cm³/mol. The fraction of sp³-hybridized carbons (Fsp3) is 0.478. The van der Waals surface area contributed by atoms with Crippen molar-refractivity contribution in [2.24, 2.45) is 0 Å². The van der Waals surface area contributed by atoms with Crippen LogP contribution in [0.3, 0.4) is 0 Å². The Labute approximate surface area is 219 Å². The van der Waals surface area contributed by atoms with E-state index in [1.807, 2.05) is 19.9 Å². The number of alkyl halides is 4. The monoisotopic (exact) mass is 552 g/mol. The van der Waals surface area contributed by atoms with Crippen molar-refractivity contribution in [3.8, 4) is 11.3 Å². The Morgan fingerprint density at radius 3 is 2.67 bits per heavy atom. The van der Waals surface area contributed by atoms with Gasteiger partial charge in [-0.1, -0.05) is 5.21 Å². The largest absolute Gasteiger partial charge is 0.387 e. The number of amides is 1. The van der Waals surface area contributed by atoms with Crippen molar-refractivity contribution in [2.45, 2.75) is 51.6 Å². The third kappa shape index (κ3) is 6.50. The number of nitrogen functional groups attached to an aromatic ring is 1. The number of hydrogen-bond acceptors (Lipinski definition) is 9. The molecule has 1 saturated heterocycles. The average molecular weight is 553 g/mol. The van der Waals surface area contributed by atoms with Crippen LogP contribution >= 0.6 is 0 Å². The van der Waals surface area contributed by atoms with E-state index in [0.717, 1.165) is 15.1 Å². The number of nitrogens with zero attached hydrogens (tertiary/aromatic N) is 8. The summed E-state index contributed by atoms with van der Waals surface area (Å²) in [5.41, 5.74) is 8.53. The molecule has 0 bridgehead atoms. The number of pyridine rings is 1.